The number of aliphatic hydroxyl groups excluding tert-OH is 2. The molecule has 36 heteroatoms. The zero-order valence-corrected chi connectivity index (χ0v) is 66.2. The van der Waals surface area contributed by atoms with E-state index in [1.54, 1.807) is 13.1 Å². The Morgan fingerprint density at radius 3 is 1.95 bits per heavy atom. The molecule has 7 amide bonds. The van der Waals surface area contributed by atoms with Crippen molar-refractivity contribution in [3.63, 3.8) is 0 Å². The van der Waals surface area contributed by atoms with E-state index in [1.165, 1.54) is 17.8 Å². The molecule has 0 aliphatic carbocycles. The number of hydrogen-bond acceptors (Lipinski definition) is 22. The van der Waals surface area contributed by atoms with E-state index < -0.39 is 155 Å². The minimum atomic E-state index is -5.32. The number of amides is 7. The van der Waals surface area contributed by atoms with Gasteiger partial charge in [0.15, 0.2) is 11.0 Å². The van der Waals surface area contributed by atoms with Crippen molar-refractivity contribution in [2.75, 3.05) is 34.3 Å². The molecule has 8 bridgehead atoms. The number of H-pyrrole nitrogens is 2. The van der Waals surface area contributed by atoms with Gasteiger partial charge in [-0.2, -0.15) is 5.70 Å². The van der Waals surface area contributed by atoms with E-state index in [2.05, 4.69) is 20.3 Å². The van der Waals surface area contributed by atoms with Gasteiger partial charge in [-0.1, -0.05) is 40.7 Å². The van der Waals surface area contributed by atoms with Gasteiger partial charge in [-0.05, 0) is 131 Å². The molecule has 17 N–H and O–H groups in total. The number of imidazole rings is 2. The molecule has 2 saturated heterocycles. The van der Waals surface area contributed by atoms with Gasteiger partial charge in [0.05, 0.1) is 68.4 Å². The number of fused-ring (bicyclic) bond motifs is 7. The number of allylic oxidation sites excluding steroid dienone is 6. The number of phosphoric acid groups is 1. The molecule has 6 aliphatic heterocycles. The SMILES string of the molecule is C/C1=C2/[N-][C@H]([C@H](CC(N)=O)[C@@]2(C)CCC(=O)NC[C@H](C)OP(=O)([O-])O[C@H]2[C@@H](O)[C@@H](n3cnc4cc(C)c(C)cc43)O[C@@H]2CO)[C@]2(C)N=C(/C(C)=C3N=C(/C=C4N=C1[C@@H](CCC(N)=O)C\4(C)C)[C@@H](CCC(N)=O)[C@]\3(C)CC(N)=O)[C@@H](CCC(N)=O)[C@]2(C)CC(N)=O.C[N+](C)(C)[C@@H](Cc1c[nH]c(=S)[nH]1)C(=O)[O-].[C-]#N.[Co+3]. The summed E-state index contributed by atoms with van der Waals surface area (Å²) in [6.45, 7) is 23.7. The Kier molecular flexibility index (Phi) is 28.3. The van der Waals surface area contributed by atoms with E-state index in [1.807, 2.05) is 102 Å². The van der Waals surface area contributed by atoms with Crippen LogP contribution in [0.5, 0.6) is 0 Å². The van der Waals surface area contributed by atoms with Crippen LogP contribution in [0.4, 0.5) is 0 Å². The third-order valence-corrected chi connectivity index (χ3v) is 24.1. The van der Waals surface area contributed by atoms with Crippen LogP contribution in [0.3, 0.4) is 0 Å². The summed E-state index contributed by atoms with van der Waals surface area (Å²) in [7, 11) is 0.144. The maximum absolute atomic E-state index is 14.4. The monoisotopic (exact) mass is 1580 g/mol. The van der Waals surface area contributed by atoms with Gasteiger partial charge in [0.1, 0.15) is 24.4 Å². The van der Waals surface area contributed by atoms with Crippen LogP contribution in [0.2, 0.25) is 0 Å². The fourth-order valence-corrected chi connectivity index (χ4v) is 18.0. The molecular weight excluding hydrogens is 1480 g/mol. The van der Waals surface area contributed by atoms with Crippen LogP contribution >= 0.6 is 20.0 Å². The average molecular weight is 1580 g/mol. The molecule has 1 unspecified atom stereocenters. The summed E-state index contributed by atoms with van der Waals surface area (Å²) in [4.78, 5) is 144. The number of aliphatic hydroxyl groups is 2. The summed E-state index contributed by atoms with van der Waals surface area (Å²) in [5, 5.41) is 47.3. The number of carbonyl (C=O) groups is 8. The van der Waals surface area contributed by atoms with E-state index in [-0.39, 0.29) is 94.0 Å². The molecular formula is C72H103CoN17O16PS. The first-order chi connectivity index (χ1) is 49.6. The van der Waals surface area contributed by atoms with Crippen LogP contribution < -0.4 is 49.7 Å². The van der Waals surface area contributed by atoms with Crippen LogP contribution in [0.15, 0.2) is 73.9 Å². The molecule has 592 valence electrons. The van der Waals surface area contributed by atoms with Crippen molar-refractivity contribution in [2.45, 2.75) is 201 Å². The summed E-state index contributed by atoms with van der Waals surface area (Å²) in [5.74, 6) is -8.46. The Bertz CT molecular complexity index is 4330. The van der Waals surface area contributed by atoms with Crippen molar-refractivity contribution >= 4 is 95.5 Å². The Hall–Kier alpha value is -8.14. The van der Waals surface area contributed by atoms with Crippen LogP contribution in [-0.4, -0.2) is 175 Å². The van der Waals surface area contributed by atoms with Gasteiger partial charge in [-0.15, -0.1) is 0 Å². The third kappa shape index (κ3) is 18.7. The summed E-state index contributed by atoms with van der Waals surface area (Å²) in [6, 6.07) is 2.06. The Morgan fingerprint density at radius 1 is 0.833 bits per heavy atom. The predicted molar refractivity (Wildman–Crippen MR) is 393 cm³/mol. The quantitative estimate of drug-likeness (QED) is 0.0198. The second-order valence-corrected chi connectivity index (χ2v) is 33.1. The predicted octanol–water partition coefficient (Wildman–Crippen LogP) is 2.85. The number of carboxylic acid groups (broad SMARTS) is 1. The maximum Gasteiger partial charge on any atom is 3.00 e. The average Bonchev–Trinajstić information content (AvgIpc) is 1.52. The molecule has 2 aromatic heterocycles. The summed E-state index contributed by atoms with van der Waals surface area (Å²) >= 11 is 4.87. The standard InChI is InChI=1S/C62H90N13O14P.C9H15N3O2S.CN.Co/c1-29-20-39-40(21-30(29)2)75(28-70-39)57-52(84)53(41(27-76)87-57)89-90(85,86)88-31(3)26-69-49(83)18-19-59(8)37(22-46(66)80)56-62(11)61(10,25-48(68)82)36(14-17-45(65)79)51(74-62)33(5)55-60(9,24-47(67)81)34(12-15-43(63)77)38(71-55)23-42-58(6,7)35(13-16-44(64)78)50(72-42)32(4)54(59)73-56;1-12(2,3)7(8(13)14)4-6-5-10-9(15)11-6;1-2;/h20-21,23,28,31,34-37,41,52-53,56-57,76,84H,12-19,22,24-27H2,1-11H3,(H15,63,64,65,66,67,68,69,71,72,73,74,77,78,79,80,81,82,83,85,86);5,7H,4H2,1-3H3,(H2-,10,11,13,14,15);;/q;;-1;+3/p-2/t31-,34+,35+,36+,37-,41+,52+,53+,56+,57-,59+,60-,61-,62-;7-;;/m00../s1. The number of primary amides is 6. The number of carboxylic acids is 1. The van der Waals surface area contributed by atoms with Gasteiger partial charge >= 0.3 is 16.8 Å². The molecule has 108 heavy (non-hydrogen) atoms. The maximum atomic E-state index is 14.4. The zero-order chi connectivity index (χ0) is 80.3. The smallest absolute Gasteiger partial charge is 0.756 e. The van der Waals surface area contributed by atoms with E-state index >= 15 is 0 Å². The third-order valence-electron chi connectivity index (χ3n) is 22.8. The summed E-state index contributed by atoms with van der Waals surface area (Å²) in [5.41, 5.74) is 37.4. The molecule has 3 aromatic rings. The first-order valence-corrected chi connectivity index (χ1v) is 37.2. The summed E-state index contributed by atoms with van der Waals surface area (Å²) < 4.78 is 32.7. The number of benzene rings is 1. The number of hydrogen-bond donors (Lipinski definition) is 11. The zero-order valence-electron chi connectivity index (χ0n) is 63.5. The van der Waals surface area contributed by atoms with E-state index in [4.69, 9.17) is 92.5 Å². The molecule has 9 rings (SSSR count). The minimum Gasteiger partial charge on any atom is -0.756 e. The number of nitrogens with zero attached hydrogens (tertiary/aromatic N) is 8. The molecule has 8 heterocycles. The number of likely N-dealkylation sites (N-methyl/N-ethyl adjacent to an activating group) is 1. The van der Waals surface area contributed by atoms with Crippen LogP contribution in [-0.2, 0) is 79.9 Å². The van der Waals surface area contributed by atoms with Crippen LogP contribution in [0, 0.1) is 75.8 Å². The number of aryl methyl sites for hydroxylation is 2. The number of aliphatic imine (C=N–C) groups is 3. The van der Waals surface area contributed by atoms with Crippen molar-refractivity contribution < 1.29 is 98.2 Å². The fraction of sp³-hybridized carbons (Fsp3) is 0.611. The number of nitrogens with one attached hydrogen (secondary N) is 3. The molecule has 0 radical (unpaired) electrons. The molecule has 6 aliphatic rings. The van der Waals surface area contributed by atoms with E-state index in [0.717, 1.165) is 16.8 Å². The topological polar surface area (TPSA) is 560 Å². The second kappa shape index (κ2) is 34.4. The molecule has 16 atom stereocenters. The molecule has 1 aromatic carbocycles. The first kappa shape index (κ1) is 88.8. The number of quaternary nitrogens is 1. The van der Waals surface area contributed by atoms with Crippen molar-refractivity contribution in [3.8, 4) is 0 Å². The number of ether oxygens (including phenoxy) is 1. The Morgan fingerprint density at radius 2 is 1.42 bits per heavy atom. The van der Waals surface area contributed by atoms with Gasteiger partial charge < -0.3 is 115 Å². The van der Waals surface area contributed by atoms with E-state index in [9.17, 15) is 63.1 Å². The number of carbonyl (C=O) groups excluding carboxylic acids is 8. The molecule has 0 spiro atoms. The van der Waals surface area contributed by atoms with Crippen molar-refractivity contribution in [1.29, 1.82) is 5.26 Å². The number of aromatic nitrogens is 4. The minimum absolute atomic E-state index is 0. The Balaban J connectivity index is 0.000000897. The second-order valence-electron chi connectivity index (χ2n) is 31.4. The van der Waals surface area contributed by atoms with Crippen LogP contribution in [0.25, 0.3) is 16.4 Å². The molecule has 2 fully saturated rings. The number of nitrogens with two attached hydrogens (primary N) is 6. The van der Waals surface area contributed by atoms with Gasteiger partial charge in [-0.25, -0.2) is 4.98 Å². The number of aromatic amines is 2. The fourth-order valence-electron chi connectivity index (χ4n) is 16.7. The number of rotatable bonds is 30. The normalized spacial score (nSPS) is 30.5. The van der Waals surface area contributed by atoms with Crippen LogP contribution in [0.1, 0.15) is 156 Å². The number of phosphoric ester groups is 1. The summed E-state index contributed by atoms with van der Waals surface area (Å²) in [6.07, 6.45) is -2.73. The van der Waals surface area contributed by atoms with Gasteiger partial charge in [0.25, 0.3) is 7.82 Å². The van der Waals surface area contributed by atoms with Gasteiger partial charge in [0.2, 0.25) is 41.4 Å². The number of aliphatic carboxylic acids is 1. The van der Waals surface area contributed by atoms with Crippen molar-refractivity contribution in [1.82, 2.24) is 24.8 Å². The first-order valence-electron chi connectivity index (χ1n) is 35.3. The van der Waals surface area contributed by atoms with Crippen molar-refractivity contribution in [3.05, 3.63) is 92.5 Å². The largest absolute Gasteiger partial charge is 3.00 e. The molecule has 0 saturated carbocycles. The van der Waals surface area contributed by atoms with Gasteiger partial charge in [-0.3, -0.25) is 53.1 Å². The Labute approximate surface area is 643 Å². The van der Waals surface area contributed by atoms with Crippen molar-refractivity contribution in [2.24, 2.45) is 94.7 Å². The molecule has 33 nitrogen and oxygen atoms in total. The van der Waals surface area contributed by atoms with E-state index in [0.29, 0.717) is 72.1 Å². The van der Waals surface area contributed by atoms with Gasteiger partial charge in [0, 0.05) is 127 Å².